The lowest BCUT2D eigenvalue weighted by Gasteiger charge is -2.06. The van der Waals surface area contributed by atoms with E-state index >= 15 is 0 Å². The van der Waals surface area contributed by atoms with Crippen molar-refractivity contribution >= 4 is 39.8 Å². The van der Waals surface area contributed by atoms with E-state index in [-0.39, 0.29) is 17.2 Å². The van der Waals surface area contributed by atoms with E-state index in [2.05, 4.69) is 26.5 Å². The van der Waals surface area contributed by atoms with Crippen molar-refractivity contribution in [3.63, 3.8) is 0 Å². The molecule has 0 aliphatic heterocycles. The smallest absolute Gasteiger partial charge is 0.269 e. The minimum atomic E-state index is -0.494. The SMILES string of the molecule is COc1cc(/C=N\NC(=O)/C=C/c2ccc([N+](=O)[O-])cc2)cc(Br)c1O. The van der Waals surface area contributed by atoms with Crippen molar-refractivity contribution in [2.45, 2.75) is 0 Å². The Morgan fingerprint density at radius 2 is 2.00 bits per heavy atom. The van der Waals surface area contributed by atoms with Crippen molar-refractivity contribution in [3.8, 4) is 11.5 Å². The van der Waals surface area contributed by atoms with Crippen molar-refractivity contribution in [2.24, 2.45) is 5.10 Å². The van der Waals surface area contributed by atoms with Crippen LogP contribution in [0.4, 0.5) is 5.69 Å². The van der Waals surface area contributed by atoms with Crippen LogP contribution in [0.3, 0.4) is 0 Å². The number of hydrazone groups is 1. The largest absolute Gasteiger partial charge is 0.503 e. The molecule has 0 bridgehead atoms. The van der Waals surface area contributed by atoms with Gasteiger partial charge in [0.25, 0.3) is 11.6 Å². The highest BCUT2D eigenvalue weighted by atomic mass is 79.9. The Balaban J connectivity index is 1.97. The highest BCUT2D eigenvalue weighted by molar-refractivity contribution is 9.10. The number of phenols is 1. The van der Waals surface area contributed by atoms with E-state index < -0.39 is 10.8 Å². The van der Waals surface area contributed by atoms with Crippen molar-refractivity contribution < 1.29 is 19.6 Å². The second-order valence-electron chi connectivity index (χ2n) is 4.97. The number of nitrogens with zero attached hydrogens (tertiary/aromatic N) is 2. The van der Waals surface area contributed by atoms with Gasteiger partial charge in [0.2, 0.25) is 0 Å². The number of phenolic OH excluding ortho intramolecular Hbond substituents is 1. The highest BCUT2D eigenvalue weighted by Gasteiger charge is 2.07. The van der Waals surface area contributed by atoms with E-state index in [0.717, 1.165) is 0 Å². The Kier molecular flexibility index (Phi) is 6.45. The monoisotopic (exact) mass is 419 g/mol. The van der Waals surface area contributed by atoms with Crippen LogP contribution in [0, 0.1) is 10.1 Å². The van der Waals surface area contributed by atoms with Crippen molar-refractivity contribution in [3.05, 3.63) is 68.2 Å². The number of aromatic hydroxyl groups is 1. The maximum Gasteiger partial charge on any atom is 0.269 e. The van der Waals surface area contributed by atoms with Gasteiger partial charge in [-0.15, -0.1) is 0 Å². The van der Waals surface area contributed by atoms with Crippen molar-refractivity contribution in [1.29, 1.82) is 0 Å². The van der Waals surface area contributed by atoms with Crippen LogP contribution in [0.25, 0.3) is 6.08 Å². The molecule has 2 N–H and O–H groups in total. The molecule has 8 nitrogen and oxygen atoms in total. The predicted octanol–water partition coefficient (Wildman–Crippen LogP) is 3.24. The van der Waals surface area contributed by atoms with E-state index in [1.165, 1.54) is 49.7 Å². The Morgan fingerprint density at radius 3 is 2.62 bits per heavy atom. The van der Waals surface area contributed by atoms with Crippen LogP contribution in [0.2, 0.25) is 0 Å². The third kappa shape index (κ3) is 5.15. The maximum atomic E-state index is 11.7. The molecule has 0 unspecified atom stereocenters. The zero-order valence-corrected chi connectivity index (χ0v) is 15.1. The van der Waals surface area contributed by atoms with Gasteiger partial charge < -0.3 is 9.84 Å². The third-order valence-electron chi connectivity index (χ3n) is 3.19. The van der Waals surface area contributed by atoms with Crippen LogP contribution in [-0.2, 0) is 4.79 Å². The number of nitrogens with one attached hydrogen (secondary N) is 1. The van der Waals surface area contributed by atoms with Gasteiger partial charge in [-0.05, 0) is 57.4 Å². The number of carbonyl (C=O) groups is 1. The number of methoxy groups -OCH3 is 1. The summed E-state index contributed by atoms with van der Waals surface area (Å²) in [4.78, 5) is 21.8. The topological polar surface area (TPSA) is 114 Å². The van der Waals surface area contributed by atoms with Gasteiger partial charge in [-0.1, -0.05) is 0 Å². The third-order valence-corrected chi connectivity index (χ3v) is 3.79. The molecule has 26 heavy (non-hydrogen) atoms. The van der Waals surface area contributed by atoms with Crippen molar-refractivity contribution in [2.75, 3.05) is 7.11 Å². The molecule has 2 aromatic carbocycles. The minimum absolute atomic E-state index is 0.0216. The van der Waals surface area contributed by atoms with Gasteiger partial charge in [-0.2, -0.15) is 5.10 Å². The number of non-ortho nitro benzene ring substituents is 1. The van der Waals surface area contributed by atoms with Crippen LogP contribution in [-0.4, -0.2) is 29.3 Å². The van der Waals surface area contributed by atoms with Gasteiger partial charge in [0, 0.05) is 18.2 Å². The molecule has 0 heterocycles. The number of hydrogen-bond donors (Lipinski definition) is 2. The molecule has 2 aromatic rings. The first-order chi connectivity index (χ1) is 12.4. The number of carbonyl (C=O) groups excluding carboxylic acids is 1. The zero-order chi connectivity index (χ0) is 19.1. The number of halogens is 1. The lowest BCUT2D eigenvalue weighted by molar-refractivity contribution is -0.384. The number of hydrogen-bond acceptors (Lipinski definition) is 6. The lowest BCUT2D eigenvalue weighted by Crippen LogP contribution is -2.14. The number of nitro benzene ring substituents is 1. The summed E-state index contributed by atoms with van der Waals surface area (Å²) in [5.74, 6) is -0.227. The van der Waals surface area contributed by atoms with Gasteiger partial charge in [-0.3, -0.25) is 14.9 Å². The number of ether oxygens (including phenoxy) is 1. The Labute approximate surface area is 157 Å². The molecule has 134 valence electrons. The summed E-state index contributed by atoms with van der Waals surface area (Å²) in [5.41, 5.74) is 3.54. The molecule has 0 radical (unpaired) electrons. The molecular weight excluding hydrogens is 406 g/mol. The summed E-state index contributed by atoms with van der Waals surface area (Å²) in [7, 11) is 1.42. The highest BCUT2D eigenvalue weighted by Crippen LogP contribution is 2.34. The first-order valence-corrected chi connectivity index (χ1v) is 8.02. The average Bonchev–Trinajstić information content (AvgIpc) is 2.63. The van der Waals surface area contributed by atoms with E-state index in [0.29, 0.717) is 15.6 Å². The summed E-state index contributed by atoms with van der Waals surface area (Å²) >= 11 is 3.19. The molecule has 2 rings (SSSR count). The molecule has 0 atom stereocenters. The number of nitro groups is 1. The molecule has 0 aliphatic carbocycles. The van der Waals surface area contributed by atoms with Crippen molar-refractivity contribution in [1.82, 2.24) is 5.43 Å². The van der Waals surface area contributed by atoms with E-state index in [4.69, 9.17) is 4.74 Å². The molecule has 0 fully saturated rings. The average molecular weight is 420 g/mol. The quantitative estimate of drug-likeness (QED) is 0.322. The van der Waals surface area contributed by atoms with Gasteiger partial charge in [0.15, 0.2) is 11.5 Å². The van der Waals surface area contributed by atoms with Gasteiger partial charge >= 0.3 is 0 Å². The normalized spacial score (nSPS) is 11.0. The summed E-state index contributed by atoms with van der Waals surface area (Å²) in [6.07, 6.45) is 4.16. The van der Waals surface area contributed by atoms with Crippen LogP contribution in [0.5, 0.6) is 11.5 Å². The van der Waals surface area contributed by atoms with Gasteiger partial charge in [-0.25, -0.2) is 5.43 Å². The fraction of sp³-hybridized carbons (Fsp3) is 0.0588. The van der Waals surface area contributed by atoms with Crippen LogP contribution < -0.4 is 10.2 Å². The van der Waals surface area contributed by atoms with Gasteiger partial charge in [0.1, 0.15) is 0 Å². The number of benzene rings is 2. The van der Waals surface area contributed by atoms with Crippen LogP contribution in [0.1, 0.15) is 11.1 Å². The molecule has 9 heteroatoms. The lowest BCUT2D eigenvalue weighted by atomic mass is 10.2. The number of amides is 1. The predicted molar refractivity (Wildman–Crippen MR) is 100 cm³/mol. The first kappa shape index (κ1) is 19.1. The molecular formula is C17H14BrN3O5. The Bertz CT molecular complexity index is 879. The van der Waals surface area contributed by atoms with E-state index in [9.17, 15) is 20.0 Å². The van der Waals surface area contributed by atoms with E-state index in [1.54, 1.807) is 12.1 Å². The summed E-state index contributed by atoms with van der Waals surface area (Å²) in [5, 5.41) is 24.1. The summed E-state index contributed by atoms with van der Waals surface area (Å²) in [6.45, 7) is 0. The second kappa shape index (κ2) is 8.77. The minimum Gasteiger partial charge on any atom is -0.503 e. The first-order valence-electron chi connectivity index (χ1n) is 7.23. The number of rotatable bonds is 6. The molecule has 1 amide bonds. The molecule has 0 saturated carbocycles. The van der Waals surface area contributed by atoms with Crippen LogP contribution >= 0.6 is 15.9 Å². The fourth-order valence-corrected chi connectivity index (χ4v) is 2.37. The fourth-order valence-electron chi connectivity index (χ4n) is 1.91. The maximum absolute atomic E-state index is 11.7. The summed E-state index contributed by atoms with van der Waals surface area (Å²) < 4.78 is 5.46. The van der Waals surface area contributed by atoms with E-state index in [1.807, 2.05) is 0 Å². The second-order valence-corrected chi connectivity index (χ2v) is 5.82. The Hall–Kier alpha value is -3.20. The zero-order valence-electron chi connectivity index (χ0n) is 13.5. The molecule has 0 spiro atoms. The summed E-state index contributed by atoms with van der Waals surface area (Å²) in [6, 6.07) is 8.94. The molecule has 0 aromatic heterocycles. The standard InChI is InChI=1S/C17H14BrN3O5/c1-26-15-9-12(8-14(18)17(15)23)10-19-20-16(22)7-4-11-2-5-13(6-3-11)21(24)25/h2-10,23H,1H3,(H,20,22)/b7-4+,19-10-. The molecule has 0 aliphatic rings. The molecule has 0 saturated heterocycles. The Morgan fingerprint density at radius 1 is 1.31 bits per heavy atom. The van der Waals surface area contributed by atoms with Crippen LogP contribution in [0.15, 0.2) is 52.0 Å². The van der Waals surface area contributed by atoms with Gasteiger partial charge in [0.05, 0.1) is 22.7 Å².